The van der Waals surface area contributed by atoms with Crippen molar-refractivity contribution in [3.8, 4) is 0 Å². The smallest absolute Gasteiger partial charge is 0.258 e. The summed E-state index contributed by atoms with van der Waals surface area (Å²) >= 11 is 12.9. The lowest BCUT2D eigenvalue weighted by Gasteiger charge is -2.04. The molecule has 1 N–H and O–H groups in total. The minimum absolute atomic E-state index is 0.248. The monoisotopic (exact) mass is 285 g/mol. The van der Waals surface area contributed by atoms with Gasteiger partial charge in [-0.3, -0.25) is 4.79 Å². The van der Waals surface area contributed by atoms with Crippen LogP contribution in [0.15, 0.2) is 30.3 Å². The lowest BCUT2D eigenvalue weighted by atomic mass is 10.2. The fourth-order valence-corrected chi connectivity index (χ4v) is 2.79. The van der Waals surface area contributed by atoms with E-state index in [9.17, 15) is 4.79 Å². The first-order valence-corrected chi connectivity index (χ1v) is 6.46. The van der Waals surface area contributed by atoms with E-state index in [1.165, 1.54) is 11.3 Å². The topological polar surface area (TPSA) is 29.1 Å². The molecule has 0 bridgehead atoms. The number of hydrogen-bond acceptors (Lipinski definition) is 2. The number of anilines is 1. The Morgan fingerprint density at radius 3 is 2.41 bits per heavy atom. The van der Waals surface area contributed by atoms with Crippen LogP contribution in [0.1, 0.15) is 15.9 Å². The Kier molecular flexibility index (Phi) is 3.72. The molecule has 88 valence electrons. The van der Waals surface area contributed by atoms with Gasteiger partial charge in [0.15, 0.2) is 0 Å². The molecule has 1 heterocycles. The Bertz CT molecular complexity index is 548. The number of carbonyl (C=O) groups is 1. The highest BCUT2D eigenvalue weighted by Crippen LogP contribution is 2.31. The van der Waals surface area contributed by atoms with Gasteiger partial charge in [-0.25, -0.2) is 0 Å². The lowest BCUT2D eigenvalue weighted by Crippen LogP contribution is -2.11. The SMILES string of the molecule is Cc1ccc(NC(=O)c2cc(Cl)sc2Cl)cc1. The number of halogens is 2. The van der Waals surface area contributed by atoms with Crippen LogP contribution in [-0.4, -0.2) is 5.91 Å². The molecule has 0 aliphatic rings. The normalized spacial score (nSPS) is 10.3. The summed E-state index contributed by atoms with van der Waals surface area (Å²) in [4.78, 5) is 11.9. The van der Waals surface area contributed by atoms with Gasteiger partial charge in [0.25, 0.3) is 5.91 Å². The average Bonchev–Trinajstić information content (AvgIpc) is 2.61. The van der Waals surface area contributed by atoms with E-state index < -0.39 is 0 Å². The van der Waals surface area contributed by atoms with Gasteiger partial charge in [0, 0.05) is 5.69 Å². The lowest BCUT2D eigenvalue weighted by molar-refractivity contribution is 0.102. The van der Waals surface area contributed by atoms with Crippen molar-refractivity contribution >= 4 is 46.1 Å². The second-order valence-corrected chi connectivity index (χ2v) is 5.84. The number of thiophene rings is 1. The first kappa shape index (κ1) is 12.4. The Labute approximate surface area is 113 Å². The molecule has 1 aromatic carbocycles. The molecule has 0 saturated heterocycles. The summed E-state index contributed by atoms with van der Waals surface area (Å²) < 4.78 is 0.906. The molecule has 1 aromatic heterocycles. The highest BCUT2D eigenvalue weighted by molar-refractivity contribution is 7.20. The van der Waals surface area contributed by atoms with Gasteiger partial charge in [0.2, 0.25) is 0 Å². The van der Waals surface area contributed by atoms with Crippen molar-refractivity contribution in [2.75, 3.05) is 5.32 Å². The van der Waals surface area contributed by atoms with E-state index in [0.29, 0.717) is 14.2 Å². The molecule has 0 fully saturated rings. The number of hydrogen-bond donors (Lipinski definition) is 1. The van der Waals surface area contributed by atoms with Crippen molar-refractivity contribution in [3.63, 3.8) is 0 Å². The Morgan fingerprint density at radius 1 is 1.24 bits per heavy atom. The first-order valence-electron chi connectivity index (χ1n) is 4.89. The Morgan fingerprint density at radius 2 is 1.88 bits per heavy atom. The molecule has 0 radical (unpaired) electrons. The third-order valence-corrected chi connectivity index (χ3v) is 3.70. The summed E-state index contributed by atoms with van der Waals surface area (Å²) in [7, 11) is 0. The summed E-state index contributed by atoms with van der Waals surface area (Å²) in [6.07, 6.45) is 0. The third kappa shape index (κ3) is 3.00. The van der Waals surface area contributed by atoms with Crippen molar-refractivity contribution in [2.45, 2.75) is 6.92 Å². The predicted molar refractivity (Wildman–Crippen MR) is 73.5 cm³/mol. The van der Waals surface area contributed by atoms with Crippen molar-refractivity contribution in [1.29, 1.82) is 0 Å². The molecular formula is C12H9Cl2NOS. The van der Waals surface area contributed by atoms with Gasteiger partial charge < -0.3 is 5.32 Å². The number of aryl methyl sites for hydroxylation is 1. The van der Waals surface area contributed by atoms with E-state index in [1.54, 1.807) is 6.07 Å². The van der Waals surface area contributed by atoms with Gasteiger partial charge in [-0.2, -0.15) is 0 Å². The molecule has 0 aliphatic carbocycles. The van der Waals surface area contributed by atoms with Crippen LogP contribution in [0.4, 0.5) is 5.69 Å². The van der Waals surface area contributed by atoms with Gasteiger partial charge in [-0.05, 0) is 25.1 Å². The van der Waals surface area contributed by atoms with E-state index in [-0.39, 0.29) is 5.91 Å². The van der Waals surface area contributed by atoms with Gasteiger partial charge in [0.05, 0.1) is 9.90 Å². The largest absolute Gasteiger partial charge is 0.322 e. The van der Waals surface area contributed by atoms with Crippen LogP contribution in [0, 0.1) is 6.92 Å². The van der Waals surface area contributed by atoms with E-state index in [4.69, 9.17) is 23.2 Å². The zero-order chi connectivity index (χ0) is 12.4. The molecule has 0 unspecified atom stereocenters. The van der Waals surface area contributed by atoms with E-state index in [1.807, 2.05) is 31.2 Å². The van der Waals surface area contributed by atoms with Crippen LogP contribution >= 0.6 is 34.5 Å². The molecule has 0 saturated carbocycles. The van der Waals surface area contributed by atoms with E-state index >= 15 is 0 Å². The number of amides is 1. The number of benzene rings is 1. The second-order valence-electron chi connectivity index (χ2n) is 3.56. The van der Waals surface area contributed by atoms with Gasteiger partial charge in [-0.15, -0.1) is 11.3 Å². The summed E-state index contributed by atoms with van der Waals surface area (Å²) in [5.41, 5.74) is 2.28. The molecular weight excluding hydrogens is 277 g/mol. The van der Waals surface area contributed by atoms with Crippen LogP contribution in [0.5, 0.6) is 0 Å². The molecule has 5 heteroatoms. The minimum atomic E-state index is -0.248. The quantitative estimate of drug-likeness (QED) is 0.857. The molecule has 0 spiro atoms. The van der Waals surface area contributed by atoms with Gasteiger partial charge in [-0.1, -0.05) is 40.9 Å². The average molecular weight is 286 g/mol. The van der Waals surface area contributed by atoms with E-state index in [0.717, 1.165) is 11.3 Å². The zero-order valence-corrected chi connectivity index (χ0v) is 11.3. The standard InChI is InChI=1S/C12H9Cl2NOS/c1-7-2-4-8(5-3-7)15-12(16)9-6-10(13)17-11(9)14/h2-6H,1H3,(H,15,16). The number of nitrogens with one attached hydrogen (secondary N) is 1. The van der Waals surface area contributed by atoms with Crippen molar-refractivity contribution in [3.05, 3.63) is 50.1 Å². The van der Waals surface area contributed by atoms with Crippen LogP contribution in [0.3, 0.4) is 0 Å². The summed E-state index contributed by atoms with van der Waals surface area (Å²) in [6, 6.07) is 9.11. The fraction of sp³-hybridized carbons (Fsp3) is 0.0833. The van der Waals surface area contributed by atoms with Crippen LogP contribution in [0.25, 0.3) is 0 Å². The van der Waals surface area contributed by atoms with Gasteiger partial charge >= 0.3 is 0 Å². The second kappa shape index (κ2) is 5.08. The molecule has 2 rings (SSSR count). The van der Waals surface area contributed by atoms with Gasteiger partial charge in [0.1, 0.15) is 4.34 Å². The molecule has 1 amide bonds. The van der Waals surface area contributed by atoms with Crippen LogP contribution < -0.4 is 5.32 Å². The molecule has 2 nitrogen and oxygen atoms in total. The van der Waals surface area contributed by atoms with Crippen molar-refractivity contribution in [1.82, 2.24) is 0 Å². The molecule has 0 atom stereocenters. The Balaban J connectivity index is 2.17. The first-order chi connectivity index (χ1) is 8.06. The minimum Gasteiger partial charge on any atom is -0.322 e. The Hall–Kier alpha value is -1.03. The molecule has 2 aromatic rings. The highest BCUT2D eigenvalue weighted by Gasteiger charge is 2.14. The van der Waals surface area contributed by atoms with Crippen LogP contribution in [0.2, 0.25) is 8.67 Å². The van der Waals surface area contributed by atoms with Crippen molar-refractivity contribution in [2.24, 2.45) is 0 Å². The zero-order valence-electron chi connectivity index (χ0n) is 8.96. The maximum Gasteiger partial charge on any atom is 0.258 e. The van der Waals surface area contributed by atoms with E-state index in [2.05, 4.69) is 5.32 Å². The maximum atomic E-state index is 11.9. The van der Waals surface area contributed by atoms with Crippen molar-refractivity contribution < 1.29 is 4.79 Å². The maximum absolute atomic E-state index is 11.9. The van der Waals surface area contributed by atoms with Crippen LogP contribution in [-0.2, 0) is 0 Å². The summed E-state index contributed by atoms with van der Waals surface area (Å²) in [5.74, 6) is -0.248. The predicted octanol–water partition coefficient (Wildman–Crippen LogP) is 4.62. The fourth-order valence-electron chi connectivity index (χ4n) is 1.33. The molecule has 0 aliphatic heterocycles. The molecule has 17 heavy (non-hydrogen) atoms. The number of carbonyl (C=O) groups excluding carboxylic acids is 1. The highest BCUT2D eigenvalue weighted by atomic mass is 35.5. The number of rotatable bonds is 2. The summed E-state index contributed by atoms with van der Waals surface area (Å²) in [6.45, 7) is 1.99. The summed E-state index contributed by atoms with van der Waals surface area (Å²) in [5, 5.41) is 2.76. The third-order valence-electron chi connectivity index (χ3n) is 2.21.